The van der Waals surface area contributed by atoms with Gasteiger partial charge in [0, 0.05) is 17.8 Å². The molecular weight excluding hydrogens is 252 g/mol. The van der Waals surface area contributed by atoms with Crippen LogP contribution < -0.4 is 5.73 Å². The molecule has 0 aliphatic rings. The normalized spacial score (nSPS) is 12.5. The number of para-hydroxylation sites is 1. The largest absolute Gasteiger partial charge is 0.323 e. The van der Waals surface area contributed by atoms with Crippen LogP contribution >= 0.6 is 0 Å². The molecule has 2 N–H and O–H groups in total. The second-order valence-corrected chi connectivity index (χ2v) is 4.76. The second-order valence-electron chi connectivity index (χ2n) is 4.76. The van der Waals surface area contributed by atoms with Crippen molar-refractivity contribution >= 4 is 0 Å². The van der Waals surface area contributed by atoms with Crippen molar-refractivity contribution in [2.45, 2.75) is 19.5 Å². The number of hydrogen-bond donors (Lipinski definition) is 1. The summed E-state index contributed by atoms with van der Waals surface area (Å²) in [7, 11) is 0. The number of aromatic nitrogens is 5. The lowest BCUT2D eigenvalue weighted by molar-refractivity contribution is 0.648. The minimum Gasteiger partial charge on any atom is -0.323 e. The van der Waals surface area contributed by atoms with Crippen LogP contribution in [0.2, 0.25) is 0 Å². The van der Waals surface area contributed by atoms with E-state index in [4.69, 9.17) is 5.73 Å². The quantitative estimate of drug-likeness (QED) is 0.778. The van der Waals surface area contributed by atoms with Gasteiger partial charge in [-0.25, -0.2) is 9.36 Å². The summed E-state index contributed by atoms with van der Waals surface area (Å²) in [6.07, 6.45) is 5.69. The predicted molar refractivity (Wildman–Crippen MR) is 75.3 cm³/mol. The summed E-state index contributed by atoms with van der Waals surface area (Å²) in [5.41, 5.74) is 8.66. The first-order valence-electron chi connectivity index (χ1n) is 6.47. The van der Waals surface area contributed by atoms with E-state index in [0.717, 1.165) is 16.9 Å². The fraction of sp³-hybridized carbons (Fsp3) is 0.214. The molecular formula is C14H16N6. The van der Waals surface area contributed by atoms with E-state index in [-0.39, 0.29) is 6.04 Å². The van der Waals surface area contributed by atoms with Crippen LogP contribution in [0.3, 0.4) is 0 Å². The predicted octanol–water partition coefficient (Wildman–Crippen LogP) is 1.53. The van der Waals surface area contributed by atoms with Crippen molar-refractivity contribution in [2.24, 2.45) is 5.73 Å². The Hall–Kier alpha value is -2.47. The monoisotopic (exact) mass is 268 g/mol. The number of nitrogens with zero attached hydrogens (tertiary/aromatic N) is 5. The molecule has 102 valence electrons. The average Bonchev–Trinajstić information content (AvgIpc) is 3.10. The Morgan fingerprint density at radius 3 is 2.70 bits per heavy atom. The third-order valence-corrected chi connectivity index (χ3v) is 3.02. The Morgan fingerprint density at radius 1 is 1.20 bits per heavy atom. The highest BCUT2D eigenvalue weighted by molar-refractivity contribution is 5.30. The van der Waals surface area contributed by atoms with Crippen LogP contribution in [0.1, 0.15) is 24.2 Å². The van der Waals surface area contributed by atoms with Gasteiger partial charge in [0.1, 0.15) is 0 Å². The molecule has 2 aromatic heterocycles. The smallest absolute Gasteiger partial charge is 0.0991 e. The van der Waals surface area contributed by atoms with Crippen molar-refractivity contribution in [1.29, 1.82) is 0 Å². The highest BCUT2D eigenvalue weighted by atomic mass is 15.4. The van der Waals surface area contributed by atoms with Crippen LogP contribution in [-0.2, 0) is 6.54 Å². The van der Waals surface area contributed by atoms with E-state index in [1.807, 2.05) is 60.5 Å². The lowest BCUT2D eigenvalue weighted by atomic mass is 10.3. The zero-order valence-electron chi connectivity index (χ0n) is 11.2. The van der Waals surface area contributed by atoms with Gasteiger partial charge in [0.2, 0.25) is 0 Å². The van der Waals surface area contributed by atoms with Crippen molar-refractivity contribution < 1.29 is 0 Å². The van der Waals surface area contributed by atoms with Gasteiger partial charge in [0.15, 0.2) is 0 Å². The fourth-order valence-corrected chi connectivity index (χ4v) is 1.95. The molecule has 1 aromatic carbocycles. The van der Waals surface area contributed by atoms with E-state index < -0.39 is 0 Å². The van der Waals surface area contributed by atoms with Crippen molar-refractivity contribution in [2.75, 3.05) is 0 Å². The highest BCUT2D eigenvalue weighted by Gasteiger charge is 2.07. The zero-order valence-corrected chi connectivity index (χ0v) is 11.2. The maximum Gasteiger partial charge on any atom is 0.0991 e. The van der Waals surface area contributed by atoms with E-state index >= 15 is 0 Å². The van der Waals surface area contributed by atoms with Crippen LogP contribution in [0.4, 0.5) is 0 Å². The Morgan fingerprint density at radius 2 is 2.00 bits per heavy atom. The van der Waals surface area contributed by atoms with Gasteiger partial charge in [-0.05, 0) is 19.1 Å². The first-order chi connectivity index (χ1) is 9.72. The van der Waals surface area contributed by atoms with Crippen molar-refractivity contribution in [3.05, 3.63) is 60.2 Å². The molecule has 3 aromatic rings. The highest BCUT2D eigenvalue weighted by Crippen LogP contribution is 2.09. The van der Waals surface area contributed by atoms with Gasteiger partial charge in [-0.2, -0.15) is 5.10 Å². The van der Waals surface area contributed by atoms with Crippen molar-refractivity contribution in [1.82, 2.24) is 24.8 Å². The summed E-state index contributed by atoms with van der Waals surface area (Å²) >= 11 is 0. The summed E-state index contributed by atoms with van der Waals surface area (Å²) in [6, 6.07) is 9.89. The second kappa shape index (κ2) is 5.26. The molecule has 0 saturated carbocycles. The van der Waals surface area contributed by atoms with E-state index in [9.17, 15) is 0 Å². The lowest BCUT2D eigenvalue weighted by Crippen LogP contribution is -2.05. The molecule has 0 aliphatic carbocycles. The Labute approximate surface area is 116 Å². The molecule has 0 amide bonds. The molecule has 3 rings (SSSR count). The zero-order chi connectivity index (χ0) is 13.9. The van der Waals surface area contributed by atoms with Crippen molar-refractivity contribution in [3.63, 3.8) is 0 Å². The van der Waals surface area contributed by atoms with E-state index in [0.29, 0.717) is 6.54 Å². The van der Waals surface area contributed by atoms with Gasteiger partial charge in [0.05, 0.1) is 30.3 Å². The van der Waals surface area contributed by atoms with Crippen molar-refractivity contribution in [3.8, 4) is 5.69 Å². The molecule has 2 heterocycles. The third kappa shape index (κ3) is 2.60. The van der Waals surface area contributed by atoms with E-state index in [1.54, 1.807) is 4.68 Å². The minimum atomic E-state index is -0.101. The molecule has 0 radical (unpaired) electrons. The maximum atomic E-state index is 5.77. The molecule has 1 atom stereocenters. The SMILES string of the molecule is CC(N)c1cn(Cc2cnn(-c3ccccc3)c2)nn1. The summed E-state index contributed by atoms with van der Waals surface area (Å²) < 4.78 is 3.61. The number of nitrogens with two attached hydrogens (primary N) is 1. The Bertz CT molecular complexity index is 683. The van der Waals surface area contributed by atoms with Crippen LogP contribution in [0.5, 0.6) is 0 Å². The van der Waals surface area contributed by atoms with Gasteiger partial charge in [-0.15, -0.1) is 5.10 Å². The molecule has 6 nitrogen and oxygen atoms in total. The fourth-order valence-electron chi connectivity index (χ4n) is 1.95. The molecule has 0 saturated heterocycles. The first-order valence-corrected chi connectivity index (χ1v) is 6.47. The molecule has 0 fully saturated rings. The molecule has 20 heavy (non-hydrogen) atoms. The van der Waals surface area contributed by atoms with Gasteiger partial charge in [0.25, 0.3) is 0 Å². The summed E-state index contributed by atoms with van der Waals surface area (Å²) in [5.74, 6) is 0. The molecule has 1 unspecified atom stereocenters. The van der Waals surface area contributed by atoms with E-state index in [2.05, 4.69) is 15.4 Å². The Kier molecular flexibility index (Phi) is 3.30. The third-order valence-electron chi connectivity index (χ3n) is 3.02. The molecule has 6 heteroatoms. The summed E-state index contributed by atoms with van der Waals surface area (Å²) in [4.78, 5) is 0. The first kappa shape index (κ1) is 12.6. The number of hydrogen-bond acceptors (Lipinski definition) is 4. The van der Waals surface area contributed by atoms with Gasteiger partial charge in [-0.3, -0.25) is 0 Å². The lowest BCUT2D eigenvalue weighted by Gasteiger charge is -1.99. The minimum absolute atomic E-state index is 0.101. The van der Waals surface area contributed by atoms with E-state index in [1.165, 1.54) is 0 Å². The molecule has 0 aliphatic heterocycles. The summed E-state index contributed by atoms with van der Waals surface area (Å²) in [5, 5.41) is 12.5. The number of benzene rings is 1. The van der Waals surface area contributed by atoms with Gasteiger partial charge >= 0.3 is 0 Å². The Balaban J connectivity index is 1.77. The maximum absolute atomic E-state index is 5.77. The van der Waals surface area contributed by atoms with Crippen LogP contribution in [0.25, 0.3) is 5.69 Å². The molecule has 0 spiro atoms. The standard InChI is InChI=1S/C14H16N6/c1-11(15)14-10-19(18-17-14)8-12-7-16-20(9-12)13-5-3-2-4-6-13/h2-7,9-11H,8,15H2,1H3. The summed E-state index contributed by atoms with van der Waals surface area (Å²) in [6.45, 7) is 2.52. The topological polar surface area (TPSA) is 74.6 Å². The number of rotatable bonds is 4. The van der Waals surface area contributed by atoms with Crippen LogP contribution in [0, 0.1) is 0 Å². The van der Waals surface area contributed by atoms with Gasteiger partial charge in [-0.1, -0.05) is 23.4 Å². The van der Waals surface area contributed by atoms with Crippen LogP contribution in [0.15, 0.2) is 48.9 Å². The van der Waals surface area contributed by atoms with Crippen LogP contribution in [-0.4, -0.2) is 24.8 Å². The molecule has 0 bridgehead atoms. The van der Waals surface area contributed by atoms with Gasteiger partial charge < -0.3 is 5.73 Å². The average molecular weight is 268 g/mol.